The molecule has 0 aromatic carbocycles. The number of carbonyl (C=O) groups excluding carboxylic acids is 2. The largest absolute Gasteiger partial charge is 0.481 e. The maximum atomic E-state index is 12.0. The number of esters is 1. The summed E-state index contributed by atoms with van der Waals surface area (Å²) in [6, 6.07) is 0. The SMILES string of the molecule is C=C(C(=O)NCCOC(=O)C1CCCCC1C(=O)O)C(C)C. The number of aliphatic carboxylic acids is 1. The van der Waals surface area contributed by atoms with Crippen molar-refractivity contribution in [3.05, 3.63) is 12.2 Å². The fraction of sp³-hybridized carbons (Fsp3) is 0.688. The highest BCUT2D eigenvalue weighted by atomic mass is 16.5. The van der Waals surface area contributed by atoms with Crippen LogP contribution in [0, 0.1) is 17.8 Å². The molecule has 22 heavy (non-hydrogen) atoms. The average Bonchev–Trinajstić information content (AvgIpc) is 2.50. The molecule has 6 nitrogen and oxygen atoms in total. The number of ether oxygens (including phenoxy) is 1. The van der Waals surface area contributed by atoms with Gasteiger partial charge in [0.25, 0.3) is 0 Å². The van der Waals surface area contributed by atoms with Crippen molar-refractivity contribution in [3.8, 4) is 0 Å². The minimum atomic E-state index is -0.941. The first-order chi connectivity index (χ1) is 10.3. The highest BCUT2D eigenvalue weighted by Gasteiger charge is 2.36. The molecule has 6 heteroatoms. The summed E-state index contributed by atoms with van der Waals surface area (Å²) in [6.45, 7) is 7.67. The van der Waals surface area contributed by atoms with Crippen LogP contribution in [0.2, 0.25) is 0 Å². The summed E-state index contributed by atoms with van der Waals surface area (Å²) in [5.74, 6) is -2.86. The zero-order chi connectivity index (χ0) is 16.7. The maximum absolute atomic E-state index is 12.0. The van der Waals surface area contributed by atoms with Gasteiger partial charge in [0.05, 0.1) is 18.4 Å². The van der Waals surface area contributed by atoms with E-state index >= 15 is 0 Å². The number of rotatable bonds is 7. The lowest BCUT2D eigenvalue weighted by Gasteiger charge is -2.26. The van der Waals surface area contributed by atoms with E-state index in [9.17, 15) is 14.4 Å². The number of nitrogens with one attached hydrogen (secondary N) is 1. The summed E-state index contributed by atoms with van der Waals surface area (Å²) in [5.41, 5.74) is 0.476. The van der Waals surface area contributed by atoms with Crippen LogP contribution >= 0.6 is 0 Å². The molecule has 1 aliphatic carbocycles. The molecule has 1 saturated carbocycles. The van der Waals surface area contributed by atoms with Crippen molar-refractivity contribution in [1.29, 1.82) is 0 Å². The standard InChI is InChI=1S/C16H25NO5/c1-10(2)11(3)14(18)17-8-9-22-16(21)13-7-5-4-6-12(13)15(19)20/h10,12-13H,3-9H2,1-2H3,(H,17,18)(H,19,20). The van der Waals surface area contributed by atoms with Crippen LogP contribution in [0.25, 0.3) is 0 Å². The highest BCUT2D eigenvalue weighted by molar-refractivity contribution is 5.93. The van der Waals surface area contributed by atoms with E-state index in [0.29, 0.717) is 18.4 Å². The Morgan fingerprint density at radius 3 is 2.36 bits per heavy atom. The van der Waals surface area contributed by atoms with Crippen LogP contribution in [-0.4, -0.2) is 36.1 Å². The summed E-state index contributed by atoms with van der Waals surface area (Å²) in [4.78, 5) is 34.8. The van der Waals surface area contributed by atoms with Crippen LogP contribution in [0.1, 0.15) is 39.5 Å². The molecule has 2 N–H and O–H groups in total. The van der Waals surface area contributed by atoms with Gasteiger partial charge < -0.3 is 15.2 Å². The number of hydrogen-bond acceptors (Lipinski definition) is 4. The van der Waals surface area contributed by atoms with E-state index in [0.717, 1.165) is 12.8 Å². The van der Waals surface area contributed by atoms with Gasteiger partial charge in [-0.3, -0.25) is 14.4 Å². The third-order valence-corrected chi connectivity index (χ3v) is 4.01. The molecule has 0 heterocycles. The molecule has 0 aromatic rings. The third kappa shape index (κ3) is 5.16. The van der Waals surface area contributed by atoms with E-state index < -0.39 is 23.8 Å². The van der Waals surface area contributed by atoms with Crippen molar-refractivity contribution in [2.24, 2.45) is 17.8 Å². The van der Waals surface area contributed by atoms with Crippen molar-refractivity contribution in [3.63, 3.8) is 0 Å². The van der Waals surface area contributed by atoms with E-state index in [4.69, 9.17) is 9.84 Å². The summed E-state index contributed by atoms with van der Waals surface area (Å²) >= 11 is 0. The number of amides is 1. The number of carboxylic acid groups (broad SMARTS) is 1. The minimum Gasteiger partial charge on any atom is -0.481 e. The first kappa shape index (κ1) is 18.2. The maximum Gasteiger partial charge on any atom is 0.309 e. The van der Waals surface area contributed by atoms with Crippen molar-refractivity contribution in [2.45, 2.75) is 39.5 Å². The fourth-order valence-electron chi connectivity index (χ4n) is 2.51. The average molecular weight is 311 g/mol. The van der Waals surface area contributed by atoms with Gasteiger partial charge >= 0.3 is 11.9 Å². The molecule has 1 aliphatic rings. The molecule has 1 amide bonds. The molecule has 0 aliphatic heterocycles. The lowest BCUT2D eigenvalue weighted by molar-refractivity contribution is -0.159. The number of carboxylic acids is 1. The Kier molecular flexibility index (Phi) is 7.08. The molecule has 0 saturated heterocycles. The third-order valence-electron chi connectivity index (χ3n) is 4.01. The molecule has 0 bridgehead atoms. The number of carbonyl (C=O) groups is 3. The lowest BCUT2D eigenvalue weighted by Crippen LogP contribution is -2.35. The summed E-state index contributed by atoms with van der Waals surface area (Å²) in [6.07, 6.45) is 2.73. The van der Waals surface area contributed by atoms with Gasteiger partial charge in [-0.15, -0.1) is 0 Å². The van der Waals surface area contributed by atoms with Crippen LogP contribution in [0.3, 0.4) is 0 Å². The van der Waals surface area contributed by atoms with Gasteiger partial charge in [0.2, 0.25) is 5.91 Å². The second-order valence-electron chi connectivity index (χ2n) is 5.94. The quantitative estimate of drug-likeness (QED) is 0.424. The van der Waals surface area contributed by atoms with Crippen molar-refractivity contribution in [2.75, 3.05) is 13.2 Å². The Morgan fingerprint density at radius 2 is 1.82 bits per heavy atom. The Hall–Kier alpha value is -1.85. The van der Waals surface area contributed by atoms with E-state index in [2.05, 4.69) is 11.9 Å². The first-order valence-electron chi connectivity index (χ1n) is 7.71. The van der Waals surface area contributed by atoms with Crippen LogP contribution in [-0.2, 0) is 19.1 Å². The molecule has 0 spiro atoms. The first-order valence-corrected chi connectivity index (χ1v) is 7.71. The van der Waals surface area contributed by atoms with Gasteiger partial charge in [-0.05, 0) is 18.8 Å². The monoisotopic (exact) mass is 311 g/mol. The molecule has 0 aromatic heterocycles. The van der Waals surface area contributed by atoms with Gasteiger partial charge in [0, 0.05) is 5.57 Å². The second-order valence-corrected chi connectivity index (χ2v) is 5.94. The molecule has 0 radical (unpaired) electrons. The molecule has 1 rings (SSSR count). The van der Waals surface area contributed by atoms with Gasteiger partial charge in [0.15, 0.2) is 0 Å². The minimum absolute atomic E-state index is 0.0405. The Bertz CT molecular complexity index is 444. The Balaban J connectivity index is 2.35. The molecular formula is C16H25NO5. The zero-order valence-electron chi connectivity index (χ0n) is 13.3. The predicted octanol–water partition coefficient (Wildman–Crippen LogP) is 1.75. The highest BCUT2D eigenvalue weighted by Crippen LogP contribution is 2.31. The molecular weight excluding hydrogens is 286 g/mol. The summed E-state index contributed by atoms with van der Waals surface area (Å²) < 4.78 is 5.11. The summed E-state index contributed by atoms with van der Waals surface area (Å²) in [7, 11) is 0. The normalized spacial score (nSPS) is 21.2. The molecule has 2 unspecified atom stereocenters. The second kappa shape index (κ2) is 8.56. The van der Waals surface area contributed by atoms with Crippen molar-refractivity contribution in [1.82, 2.24) is 5.32 Å². The van der Waals surface area contributed by atoms with Crippen molar-refractivity contribution >= 4 is 17.8 Å². The van der Waals surface area contributed by atoms with Crippen molar-refractivity contribution < 1.29 is 24.2 Å². The number of hydrogen-bond donors (Lipinski definition) is 2. The fourth-order valence-corrected chi connectivity index (χ4v) is 2.51. The van der Waals surface area contributed by atoms with Gasteiger partial charge in [-0.1, -0.05) is 33.3 Å². The summed E-state index contributed by atoms with van der Waals surface area (Å²) in [5, 5.41) is 11.8. The van der Waals surface area contributed by atoms with E-state index in [-0.39, 0.29) is 25.0 Å². The smallest absolute Gasteiger partial charge is 0.309 e. The Labute approximate surface area is 130 Å². The van der Waals surface area contributed by atoms with E-state index in [1.807, 2.05) is 13.8 Å². The van der Waals surface area contributed by atoms with Crippen LogP contribution < -0.4 is 5.32 Å². The predicted molar refractivity (Wildman–Crippen MR) is 81.0 cm³/mol. The van der Waals surface area contributed by atoms with Crippen LogP contribution in [0.15, 0.2) is 12.2 Å². The molecule has 124 valence electrons. The zero-order valence-corrected chi connectivity index (χ0v) is 13.3. The van der Waals surface area contributed by atoms with E-state index in [1.54, 1.807) is 0 Å². The topological polar surface area (TPSA) is 92.7 Å². The van der Waals surface area contributed by atoms with Gasteiger partial charge in [0.1, 0.15) is 6.61 Å². The van der Waals surface area contributed by atoms with E-state index in [1.165, 1.54) is 0 Å². The lowest BCUT2D eigenvalue weighted by atomic mass is 9.79. The Morgan fingerprint density at radius 1 is 1.23 bits per heavy atom. The van der Waals surface area contributed by atoms with Crippen LogP contribution in [0.4, 0.5) is 0 Å². The van der Waals surface area contributed by atoms with Crippen LogP contribution in [0.5, 0.6) is 0 Å². The molecule has 2 atom stereocenters. The van der Waals surface area contributed by atoms with Gasteiger partial charge in [-0.2, -0.15) is 0 Å². The van der Waals surface area contributed by atoms with Gasteiger partial charge in [-0.25, -0.2) is 0 Å². The molecule has 1 fully saturated rings.